The molecule has 0 bridgehead atoms. The van der Waals surface area contributed by atoms with Crippen molar-refractivity contribution >= 4 is 21.7 Å². The number of sulfone groups is 1. The number of benzene rings is 1. The van der Waals surface area contributed by atoms with Gasteiger partial charge in [-0.1, -0.05) is 26.0 Å². The number of hydrogen-bond acceptors (Lipinski definition) is 7. The Bertz CT molecular complexity index is 955. The highest BCUT2D eigenvalue weighted by molar-refractivity contribution is 7.91. The number of fused-ring (bicyclic) bond motifs is 1. The average Bonchev–Trinajstić information content (AvgIpc) is 3.21. The molecule has 1 N–H and O–H groups in total. The maximum Gasteiger partial charge on any atom is 0.230 e. The summed E-state index contributed by atoms with van der Waals surface area (Å²) in [6.45, 7) is 6.15. The first kappa shape index (κ1) is 19.1. The Morgan fingerprint density at radius 2 is 1.89 bits per heavy atom. The molecule has 1 saturated heterocycles. The van der Waals surface area contributed by atoms with Crippen LogP contribution in [-0.2, 0) is 16.3 Å². The van der Waals surface area contributed by atoms with E-state index in [0.717, 1.165) is 43.5 Å². The van der Waals surface area contributed by atoms with Crippen LogP contribution in [0.15, 0.2) is 29.4 Å². The van der Waals surface area contributed by atoms with E-state index in [2.05, 4.69) is 39.0 Å². The Morgan fingerprint density at radius 3 is 2.64 bits per heavy atom. The fourth-order valence-corrected chi connectivity index (χ4v) is 5.65. The van der Waals surface area contributed by atoms with E-state index in [4.69, 9.17) is 0 Å². The summed E-state index contributed by atoms with van der Waals surface area (Å²) < 4.78 is 25.0. The summed E-state index contributed by atoms with van der Waals surface area (Å²) in [6.07, 6.45) is 5.38. The molecule has 0 unspecified atom stereocenters. The minimum absolute atomic E-state index is 0.0868. The first-order valence-electron chi connectivity index (χ1n) is 10.00. The molecule has 150 valence electrons. The standard InChI is InChI=1S/C20H27N5O2S/c1-14(2)18(16-8-7-15-6-5-11-28(26,27)17(15)12-16)23-19-21-13-22-20(24-19)25-9-3-4-10-25/h7-8,12-14,18H,3-6,9-11H2,1-2H3,(H,21,22,23,24)/t18-/m0/s1. The zero-order valence-electron chi connectivity index (χ0n) is 16.4. The van der Waals surface area contributed by atoms with Crippen LogP contribution in [0, 0.1) is 5.92 Å². The molecular formula is C20H27N5O2S. The Balaban J connectivity index is 1.63. The minimum atomic E-state index is -3.19. The second-order valence-corrected chi connectivity index (χ2v) is 10.0. The topological polar surface area (TPSA) is 88.1 Å². The maximum absolute atomic E-state index is 12.5. The molecule has 1 fully saturated rings. The number of rotatable bonds is 5. The summed E-state index contributed by atoms with van der Waals surface area (Å²) in [6, 6.07) is 5.74. The highest BCUT2D eigenvalue weighted by Crippen LogP contribution is 2.32. The number of hydrogen-bond donors (Lipinski definition) is 1. The van der Waals surface area contributed by atoms with E-state index in [-0.39, 0.29) is 17.7 Å². The fourth-order valence-electron chi connectivity index (χ4n) is 4.02. The van der Waals surface area contributed by atoms with Gasteiger partial charge in [0.2, 0.25) is 11.9 Å². The lowest BCUT2D eigenvalue weighted by molar-refractivity contribution is 0.540. The van der Waals surface area contributed by atoms with Gasteiger partial charge < -0.3 is 10.2 Å². The zero-order valence-corrected chi connectivity index (χ0v) is 17.2. The monoisotopic (exact) mass is 401 g/mol. The van der Waals surface area contributed by atoms with Crippen LogP contribution >= 0.6 is 0 Å². The van der Waals surface area contributed by atoms with Crippen molar-refractivity contribution in [2.24, 2.45) is 5.92 Å². The Hall–Kier alpha value is -2.22. The van der Waals surface area contributed by atoms with Crippen molar-refractivity contribution in [2.75, 3.05) is 29.1 Å². The van der Waals surface area contributed by atoms with E-state index in [1.54, 1.807) is 0 Å². The van der Waals surface area contributed by atoms with Crippen LogP contribution in [0.4, 0.5) is 11.9 Å². The summed E-state index contributed by atoms with van der Waals surface area (Å²) in [4.78, 5) is 15.8. The quantitative estimate of drug-likeness (QED) is 0.824. The largest absolute Gasteiger partial charge is 0.347 e. The van der Waals surface area contributed by atoms with Crippen LogP contribution in [0.3, 0.4) is 0 Å². The van der Waals surface area contributed by atoms with E-state index >= 15 is 0 Å². The first-order chi connectivity index (χ1) is 13.4. The van der Waals surface area contributed by atoms with Gasteiger partial charge in [0.1, 0.15) is 6.33 Å². The summed E-state index contributed by atoms with van der Waals surface area (Å²) in [5.74, 6) is 1.69. The van der Waals surface area contributed by atoms with Crippen LogP contribution in [0.2, 0.25) is 0 Å². The second-order valence-electron chi connectivity index (χ2n) is 7.96. The molecule has 0 saturated carbocycles. The van der Waals surface area contributed by atoms with Crippen molar-refractivity contribution in [1.82, 2.24) is 15.0 Å². The molecule has 0 aliphatic carbocycles. The van der Waals surface area contributed by atoms with Crippen LogP contribution in [0.5, 0.6) is 0 Å². The van der Waals surface area contributed by atoms with Gasteiger partial charge in [-0.3, -0.25) is 0 Å². The van der Waals surface area contributed by atoms with Gasteiger partial charge in [-0.05, 0) is 48.8 Å². The van der Waals surface area contributed by atoms with Crippen molar-refractivity contribution in [3.8, 4) is 0 Å². The lowest BCUT2D eigenvalue weighted by atomic mass is 9.94. The van der Waals surface area contributed by atoms with E-state index in [9.17, 15) is 8.42 Å². The third kappa shape index (κ3) is 3.83. The lowest BCUT2D eigenvalue weighted by Gasteiger charge is -2.25. The van der Waals surface area contributed by atoms with Crippen molar-refractivity contribution in [3.05, 3.63) is 35.7 Å². The summed E-state index contributed by atoms with van der Waals surface area (Å²) in [5.41, 5.74) is 1.87. The summed E-state index contributed by atoms with van der Waals surface area (Å²) in [5, 5.41) is 3.41. The van der Waals surface area contributed by atoms with Crippen molar-refractivity contribution in [3.63, 3.8) is 0 Å². The van der Waals surface area contributed by atoms with E-state index in [1.165, 1.54) is 6.33 Å². The predicted octanol–water partition coefficient (Wildman–Crippen LogP) is 3.00. The molecule has 0 amide bonds. The maximum atomic E-state index is 12.5. The highest BCUT2D eigenvalue weighted by Gasteiger charge is 2.26. The number of aromatic nitrogens is 3. The van der Waals surface area contributed by atoms with Gasteiger partial charge >= 0.3 is 0 Å². The molecular weight excluding hydrogens is 374 g/mol. The van der Waals surface area contributed by atoms with Crippen LogP contribution < -0.4 is 10.2 Å². The molecule has 7 nitrogen and oxygen atoms in total. The summed E-state index contributed by atoms with van der Waals surface area (Å²) in [7, 11) is -3.19. The van der Waals surface area contributed by atoms with Crippen molar-refractivity contribution < 1.29 is 8.42 Å². The Morgan fingerprint density at radius 1 is 1.11 bits per heavy atom. The first-order valence-corrected chi connectivity index (χ1v) is 11.7. The molecule has 1 aromatic heterocycles. The average molecular weight is 402 g/mol. The molecule has 1 atom stereocenters. The molecule has 3 heterocycles. The molecule has 2 aromatic rings. The number of anilines is 2. The molecule has 28 heavy (non-hydrogen) atoms. The van der Waals surface area contributed by atoms with Crippen LogP contribution in [-0.4, -0.2) is 42.2 Å². The lowest BCUT2D eigenvalue weighted by Crippen LogP contribution is -2.23. The predicted molar refractivity (Wildman–Crippen MR) is 109 cm³/mol. The fraction of sp³-hybridized carbons (Fsp3) is 0.550. The van der Waals surface area contributed by atoms with Gasteiger partial charge in [0.05, 0.1) is 16.7 Å². The van der Waals surface area contributed by atoms with E-state index in [0.29, 0.717) is 23.2 Å². The number of nitrogens with one attached hydrogen (secondary N) is 1. The molecule has 2 aliphatic heterocycles. The number of aryl methyl sites for hydroxylation is 1. The Kier molecular flexibility index (Phi) is 5.23. The normalized spacial score (nSPS) is 19.5. The Labute approximate surface area is 166 Å². The molecule has 0 spiro atoms. The van der Waals surface area contributed by atoms with Gasteiger partial charge in [-0.15, -0.1) is 0 Å². The van der Waals surface area contributed by atoms with Crippen LogP contribution in [0.1, 0.15) is 50.3 Å². The van der Waals surface area contributed by atoms with Gasteiger partial charge in [-0.25, -0.2) is 18.4 Å². The van der Waals surface area contributed by atoms with E-state index < -0.39 is 9.84 Å². The third-order valence-electron chi connectivity index (χ3n) is 5.54. The highest BCUT2D eigenvalue weighted by atomic mass is 32.2. The van der Waals surface area contributed by atoms with Gasteiger partial charge in [0.15, 0.2) is 9.84 Å². The van der Waals surface area contributed by atoms with Gasteiger partial charge in [0, 0.05) is 13.1 Å². The molecule has 1 aromatic carbocycles. The van der Waals surface area contributed by atoms with Crippen molar-refractivity contribution in [2.45, 2.75) is 50.5 Å². The molecule has 2 aliphatic rings. The van der Waals surface area contributed by atoms with E-state index in [1.807, 2.05) is 18.2 Å². The summed E-state index contributed by atoms with van der Waals surface area (Å²) >= 11 is 0. The molecule has 8 heteroatoms. The van der Waals surface area contributed by atoms with Crippen molar-refractivity contribution in [1.29, 1.82) is 0 Å². The SMILES string of the molecule is CC(C)[C@H](Nc1ncnc(N2CCCC2)n1)c1ccc2c(c1)S(=O)(=O)CCC2. The second kappa shape index (κ2) is 7.66. The smallest absolute Gasteiger partial charge is 0.230 e. The number of nitrogens with zero attached hydrogens (tertiary/aromatic N) is 4. The van der Waals surface area contributed by atoms with Gasteiger partial charge in [0.25, 0.3) is 0 Å². The molecule has 4 rings (SSSR count). The molecule has 0 radical (unpaired) electrons. The zero-order chi connectivity index (χ0) is 19.7. The minimum Gasteiger partial charge on any atom is -0.347 e. The van der Waals surface area contributed by atoms with Crippen LogP contribution in [0.25, 0.3) is 0 Å². The third-order valence-corrected chi connectivity index (χ3v) is 7.42. The van der Waals surface area contributed by atoms with Gasteiger partial charge in [-0.2, -0.15) is 4.98 Å².